The maximum Gasteiger partial charge on any atom is 0.240 e. The van der Waals surface area contributed by atoms with Gasteiger partial charge in [0, 0.05) is 19.7 Å². The number of aliphatic hydroxyl groups excluding tert-OH is 1. The van der Waals surface area contributed by atoms with Crippen molar-refractivity contribution in [3.8, 4) is 0 Å². The molecule has 0 aliphatic carbocycles. The van der Waals surface area contributed by atoms with Crippen molar-refractivity contribution in [3.63, 3.8) is 0 Å². The molecular formula is C23H31N5O3. The predicted octanol–water partition coefficient (Wildman–Crippen LogP) is 0.937. The number of rotatable bonds is 12. The van der Waals surface area contributed by atoms with Gasteiger partial charge in [0.05, 0.1) is 5.92 Å². The molecule has 0 heterocycles. The third-order valence-corrected chi connectivity index (χ3v) is 4.99. The van der Waals surface area contributed by atoms with E-state index in [2.05, 4.69) is 4.99 Å². The lowest BCUT2D eigenvalue weighted by Crippen LogP contribution is -2.50. The monoisotopic (exact) mass is 425 g/mol. The molecule has 1 atom stereocenters. The second-order valence-corrected chi connectivity index (χ2v) is 7.23. The standard InChI is InChI=1S/C23H31N5O3/c24-21(30)19(13-7-14-27-23(25)26)28(15-8-16-29)22(31)20(17-9-3-1-4-10-17)18-11-5-2-6-12-18/h1-6,9-12,19-20,29H,7-8,13-16H2,(H2,24,30)(H4,25,26,27)/t19-/m1/s1. The summed E-state index contributed by atoms with van der Waals surface area (Å²) >= 11 is 0. The Kier molecular flexibility index (Phi) is 9.51. The van der Waals surface area contributed by atoms with Gasteiger partial charge in [0.25, 0.3) is 0 Å². The number of nitrogens with zero attached hydrogens (tertiary/aromatic N) is 2. The van der Waals surface area contributed by atoms with Crippen LogP contribution in [0.15, 0.2) is 65.7 Å². The van der Waals surface area contributed by atoms with Crippen molar-refractivity contribution in [3.05, 3.63) is 71.8 Å². The van der Waals surface area contributed by atoms with E-state index < -0.39 is 17.9 Å². The maximum atomic E-state index is 13.8. The van der Waals surface area contributed by atoms with E-state index in [1.807, 2.05) is 60.7 Å². The van der Waals surface area contributed by atoms with Gasteiger partial charge in [0.1, 0.15) is 6.04 Å². The zero-order valence-electron chi connectivity index (χ0n) is 17.6. The maximum absolute atomic E-state index is 13.8. The summed E-state index contributed by atoms with van der Waals surface area (Å²) in [5, 5.41) is 9.37. The van der Waals surface area contributed by atoms with Crippen LogP contribution >= 0.6 is 0 Å². The van der Waals surface area contributed by atoms with E-state index in [-0.39, 0.29) is 25.0 Å². The highest BCUT2D eigenvalue weighted by Crippen LogP contribution is 2.28. The van der Waals surface area contributed by atoms with E-state index >= 15 is 0 Å². The first-order valence-electron chi connectivity index (χ1n) is 10.3. The average molecular weight is 426 g/mol. The van der Waals surface area contributed by atoms with Crippen LogP contribution in [0.2, 0.25) is 0 Å². The first-order valence-corrected chi connectivity index (χ1v) is 10.3. The summed E-state index contributed by atoms with van der Waals surface area (Å²) in [5.74, 6) is -1.47. The van der Waals surface area contributed by atoms with Gasteiger partial charge in [-0.3, -0.25) is 14.6 Å². The highest BCUT2D eigenvalue weighted by molar-refractivity contribution is 5.92. The Balaban J connectivity index is 2.38. The zero-order valence-corrected chi connectivity index (χ0v) is 17.6. The first-order chi connectivity index (χ1) is 15.0. The van der Waals surface area contributed by atoms with E-state index in [9.17, 15) is 14.7 Å². The molecule has 2 rings (SSSR count). The number of aliphatic hydroxyl groups is 1. The van der Waals surface area contributed by atoms with E-state index in [0.29, 0.717) is 25.8 Å². The quantitative estimate of drug-likeness (QED) is 0.227. The van der Waals surface area contributed by atoms with Crippen molar-refractivity contribution in [2.24, 2.45) is 22.2 Å². The van der Waals surface area contributed by atoms with E-state index in [1.54, 1.807) is 0 Å². The van der Waals surface area contributed by atoms with E-state index in [1.165, 1.54) is 4.90 Å². The molecule has 2 aromatic rings. The summed E-state index contributed by atoms with van der Waals surface area (Å²) in [6, 6.07) is 18.0. The predicted molar refractivity (Wildman–Crippen MR) is 121 cm³/mol. The van der Waals surface area contributed by atoms with Gasteiger partial charge in [0.15, 0.2) is 5.96 Å². The molecule has 0 saturated heterocycles. The van der Waals surface area contributed by atoms with Gasteiger partial charge in [-0.15, -0.1) is 0 Å². The van der Waals surface area contributed by atoms with Crippen LogP contribution in [0.4, 0.5) is 0 Å². The molecule has 8 heteroatoms. The fourth-order valence-electron chi connectivity index (χ4n) is 3.54. The number of benzene rings is 2. The van der Waals surface area contributed by atoms with Crippen LogP contribution in [0.1, 0.15) is 36.3 Å². The van der Waals surface area contributed by atoms with Crippen LogP contribution in [0, 0.1) is 0 Å². The Bertz CT molecular complexity index is 815. The molecule has 0 radical (unpaired) electrons. The Morgan fingerprint density at radius 2 is 1.45 bits per heavy atom. The lowest BCUT2D eigenvalue weighted by molar-refractivity contribution is -0.140. The number of hydrogen-bond acceptors (Lipinski definition) is 4. The van der Waals surface area contributed by atoms with Crippen molar-refractivity contribution in [1.29, 1.82) is 0 Å². The van der Waals surface area contributed by atoms with Crippen LogP contribution in [0.3, 0.4) is 0 Å². The molecule has 7 N–H and O–H groups in total. The molecule has 0 aliphatic rings. The van der Waals surface area contributed by atoms with E-state index in [4.69, 9.17) is 17.2 Å². The van der Waals surface area contributed by atoms with Crippen LogP contribution in [-0.4, -0.2) is 53.5 Å². The minimum absolute atomic E-state index is 0.0305. The lowest BCUT2D eigenvalue weighted by Gasteiger charge is -2.33. The van der Waals surface area contributed by atoms with Crippen molar-refractivity contribution >= 4 is 17.8 Å². The number of primary amides is 1. The fraction of sp³-hybridized carbons (Fsp3) is 0.348. The minimum Gasteiger partial charge on any atom is -0.396 e. The van der Waals surface area contributed by atoms with Gasteiger partial charge in [-0.2, -0.15) is 0 Å². The van der Waals surface area contributed by atoms with Crippen molar-refractivity contribution in [2.75, 3.05) is 19.7 Å². The second-order valence-electron chi connectivity index (χ2n) is 7.23. The Labute approximate surface area is 182 Å². The number of nitrogens with two attached hydrogens (primary N) is 3. The van der Waals surface area contributed by atoms with Gasteiger partial charge < -0.3 is 27.2 Å². The molecule has 0 unspecified atom stereocenters. The first kappa shape index (κ1) is 23.9. The number of guanidine groups is 1. The fourth-order valence-corrected chi connectivity index (χ4v) is 3.54. The smallest absolute Gasteiger partial charge is 0.240 e. The molecular weight excluding hydrogens is 394 g/mol. The summed E-state index contributed by atoms with van der Waals surface area (Å²) < 4.78 is 0. The van der Waals surface area contributed by atoms with Crippen molar-refractivity contribution in [2.45, 2.75) is 31.2 Å². The molecule has 0 aromatic heterocycles. The van der Waals surface area contributed by atoms with Gasteiger partial charge in [0.2, 0.25) is 11.8 Å². The number of hydrogen-bond donors (Lipinski definition) is 4. The van der Waals surface area contributed by atoms with Crippen LogP contribution in [0.5, 0.6) is 0 Å². The summed E-state index contributed by atoms with van der Waals surface area (Å²) in [6.45, 7) is 0.431. The van der Waals surface area contributed by atoms with Gasteiger partial charge >= 0.3 is 0 Å². The number of aliphatic imine (C=N–C) groups is 1. The molecule has 2 amide bonds. The van der Waals surface area contributed by atoms with Crippen LogP contribution < -0.4 is 17.2 Å². The van der Waals surface area contributed by atoms with Crippen molar-refractivity contribution < 1.29 is 14.7 Å². The molecule has 0 saturated carbocycles. The SMILES string of the molecule is NC(=O)[C@@H](CCCN=C(N)N)N(CCCO)C(=O)C(c1ccccc1)c1ccccc1. The summed E-state index contributed by atoms with van der Waals surface area (Å²) in [7, 11) is 0. The molecule has 0 spiro atoms. The van der Waals surface area contributed by atoms with Gasteiger partial charge in [-0.25, -0.2) is 0 Å². The van der Waals surface area contributed by atoms with Crippen LogP contribution in [0.25, 0.3) is 0 Å². The molecule has 31 heavy (non-hydrogen) atoms. The van der Waals surface area contributed by atoms with Crippen molar-refractivity contribution in [1.82, 2.24) is 4.90 Å². The Morgan fingerprint density at radius 3 is 1.90 bits per heavy atom. The molecule has 2 aromatic carbocycles. The van der Waals surface area contributed by atoms with Gasteiger partial charge in [-0.05, 0) is 30.4 Å². The molecule has 0 aliphatic heterocycles. The highest BCUT2D eigenvalue weighted by atomic mass is 16.3. The summed E-state index contributed by atoms with van der Waals surface area (Å²) in [6.07, 6.45) is 1.13. The Morgan fingerprint density at radius 1 is 0.903 bits per heavy atom. The number of carbonyl (C=O) groups excluding carboxylic acids is 2. The third-order valence-electron chi connectivity index (χ3n) is 4.99. The molecule has 0 fully saturated rings. The highest BCUT2D eigenvalue weighted by Gasteiger charge is 2.33. The Hall–Kier alpha value is -3.39. The summed E-state index contributed by atoms with van der Waals surface area (Å²) in [5.41, 5.74) is 18.0. The van der Waals surface area contributed by atoms with Crippen LogP contribution in [-0.2, 0) is 9.59 Å². The molecule has 8 nitrogen and oxygen atoms in total. The second kappa shape index (κ2) is 12.3. The lowest BCUT2D eigenvalue weighted by atomic mass is 9.89. The van der Waals surface area contributed by atoms with Gasteiger partial charge in [-0.1, -0.05) is 60.7 Å². The largest absolute Gasteiger partial charge is 0.396 e. The number of amides is 2. The third kappa shape index (κ3) is 7.11. The minimum atomic E-state index is -0.830. The average Bonchev–Trinajstić information content (AvgIpc) is 2.76. The molecule has 0 bridgehead atoms. The normalized spacial score (nSPS) is 11.7. The topological polar surface area (TPSA) is 148 Å². The summed E-state index contributed by atoms with van der Waals surface area (Å²) in [4.78, 5) is 31.5. The molecule has 166 valence electrons. The van der Waals surface area contributed by atoms with E-state index in [0.717, 1.165) is 11.1 Å². The zero-order chi connectivity index (χ0) is 22.6. The number of carbonyl (C=O) groups is 2.